The van der Waals surface area contributed by atoms with Gasteiger partial charge in [-0.2, -0.15) is 0 Å². The van der Waals surface area contributed by atoms with Gasteiger partial charge in [-0.3, -0.25) is 0 Å². The number of aryl methyl sites for hydroxylation is 2. The van der Waals surface area contributed by atoms with E-state index in [0.29, 0.717) is 0 Å². The zero-order valence-electron chi connectivity index (χ0n) is 12.3. The maximum atomic E-state index is 5.72. The summed E-state index contributed by atoms with van der Waals surface area (Å²) >= 11 is 1.77. The second-order valence-electron chi connectivity index (χ2n) is 5.30. The maximum absolute atomic E-state index is 5.72. The zero-order valence-corrected chi connectivity index (χ0v) is 13.1. The zero-order chi connectivity index (χ0) is 14.8. The molecule has 3 rings (SSSR count). The van der Waals surface area contributed by atoms with Crippen LogP contribution in [0.15, 0.2) is 48.5 Å². The molecule has 0 spiro atoms. The average Bonchev–Trinajstić information content (AvgIpc) is 2.83. The normalized spacial score (nSPS) is 10.8. The first kappa shape index (κ1) is 13.8. The molecule has 0 bridgehead atoms. The average molecular weight is 294 g/mol. The van der Waals surface area contributed by atoms with Gasteiger partial charge in [0.25, 0.3) is 0 Å². The Kier molecular flexibility index (Phi) is 3.76. The van der Waals surface area contributed by atoms with Gasteiger partial charge in [0, 0.05) is 22.5 Å². The molecular weight excluding hydrogens is 276 g/mol. The molecule has 2 nitrogen and oxygen atoms in total. The van der Waals surface area contributed by atoms with Crippen molar-refractivity contribution in [3.8, 4) is 11.3 Å². The van der Waals surface area contributed by atoms with Crippen LogP contribution in [-0.2, 0) is 6.42 Å². The topological polar surface area (TPSA) is 38.9 Å². The Bertz CT molecular complexity index is 740. The molecule has 1 heterocycles. The van der Waals surface area contributed by atoms with Gasteiger partial charge >= 0.3 is 0 Å². The van der Waals surface area contributed by atoms with Gasteiger partial charge in [0.05, 0.1) is 10.7 Å². The highest BCUT2D eigenvalue weighted by Gasteiger charge is 2.10. The molecule has 106 valence electrons. The molecule has 1 aromatic heterocycles. The molecule has 0 amide bonds. The first-order valence-electron chi connectivity index (χ1n) is 6.99. The third-order valence-corrected chi connectivity index (χ3v) is 4.47. The van der Waals surface area contributed by atoms with E-state index in [2.05, 4.69) is 50.2 Å². The summed E-state index contributed by atoms with van der Waals surface area (Å²) < 4.78 is 0. The standard InChI is InChI=1S/C18H18N2S/c1-12-3-7-15(8-4-12)18-13(2)21-17(20-18)11-14-5-9-16(19)10-6-14/h3-10H,11,19H2,1-2H3. The molecule has 0 aliphatic carbocycles. The van der Waals surface area contributed by atoms with Crippen molar-refractivity contribution >= 4 is 17.0 Å². The molecule has 3 heteroatoms. The van der Waals surface area contributed by atoms with E-state index in [1.54, 1.807) is 11.3 Å². The first-order chi connectivity index (χ1) is 10.1. The number of aromatic nitrogens is 1. The maximum Gasteiger partial charge on any atom is 0.0979 e. The summed E-state index contributed by atoms with van der Waals surface area (Å²) in [5.41, 5.74) is 11.3. The highest BCUT2D eigenvalue weighted by atomic mass is 32.1. The van der Waals surface area contributed by atoms with E-state index >= 15 is 0 Å². The van der Waals surface area contributed by atoms with E-state index in [0.717, 1.165) is 22.8 Å². The summed E-state index contributed by atoms with van der Waals surface area (Å²) in [5, 5.41) is 1.15. The van der Waals surface area contributed by atoms with E-state index in [1.165, 1.54) is 21.6 Å². The van der Waals surface area contributed by atoms with Gasteiger partial charge in [-0.15, -0.1) is 11.3 Å². The minimum Gasteiger partial charge on any atom is -0.399 e. The van der Waals surface area contributed by atoms with Crippen molar-refractivity contribution in [3.05, 3.63) is 69.5 Å². The van der Waals surface area contributed by atoms with Crippen molar-refractivity contribution in [1.82, 2.24) is 4.98 Å². The Hall–Kier alpha value is -2.13. The number of nitrogen functional groups attached to an aromatic ring is 1. The Labute approximate surface area is 129 Å². The quantitative estimate of drug-likeness (QED) is 0.717. The smallest absolute Gasteiger partial charge is 0.0979 e. The predicted octanol–water partition coefficient (Wildman–Crippen LogP) is 4.60. The monoisotopic (exact) mass is 294 g/mol. The third-order valence-electron chi connectivity index (χ3n) is 3.50. The molecular formula is C18H18N2S. The molecule has 0 unspecified atom stereocenters. The van der Waals surface area contributed by atoms with Gasteiger partial charge in [0.15, 0.2) is 0 Å². The lowest BCUT2D eigenvalue weighted by atomic mass is 10.1. The fraction of sp³-hybridized carbons (Fsp3) is 0.167. The summed E-state index contributed by atoms with van der Waals surface area (Å²) in [6.45, 7) is 4.24. The molecule has 0 atom stereocenters. The Morgan fingerprint density at radius 1 is 0.952 bits per heavy atom. The minimum absolute atomic E-state index is 0.800. The SMILES string of the molecule is Cc1ccc(-c2nc(Cc3ccc(N)cc3)sc2C)cc1. The number of benzene rings is 2. The molecule has 21 heavy (non-hydrogen) atoms. The summed E-state index contributed by atoms with van der Waals surface area (Å²) in [5.74, 6) is 0. The van der Waals surface area contributed by atoms with Crippen molar-refractivity contribution in [3.63, 3.8) is 0 Å². The van der Waals surface area contributed by atoms with E-state index < -0.39 is 0 Å². The number of hydrogen-bond acceptors (Lipinski definition) is 3. The van der Waals surface area contributed by atoms with Crippen molar-refractivity contribution < 1.29 is 0 Å². The number of nitrogens with two attached hydrogens (primary N) is 1. The van der Waals surface area contributed by atoms with Crippen LogP contribution in [0.4, 0.5) is 5.69 Å². The van der Waals surface area contributed by atoms with Crippen molar-refractivity contribution in [1.29, 1.82) is 0 Å². The second kappa shape index (κ2) is 5.70. The number of rotatable bonds is 3. The molecule has 0 saturated carbocycles. The van der Waals surface area contributed by atoms with E-state index in [4.69, 9.17) is 10.7 Å². The van der Waals surface area contributed by atoms with Gasteiger partial charge in [0.2, 0.25) is 0 Å². The lowest BCUT2D eigenvalue weighted by Gasteiger charge is -2.00. The van der Waals surface area contributed by atoms with E-state index in [1.807, 2.05) is 12.1 Å². The van der Waals surface area contributed by atoms with Gasteiger partial charge < -0.3 is 5.73 Å². The summed E-state index contributed by atoms with van der Waals surface area (Å²) in [6, 6.07) is 16.6. The van der Waals surface area contributed by atoms with E-state index in [-0.39, 0.29) is 0 Å². The van der Waals surface area contributed by atoms with Gasteiger partial charge in [-0.25, -0.2) is 4.98 Å². The van der Waals surface area contributed by atoms with Crippen molar-refractivity contribution in [2.75, 3.05) is 5.73 Å². The number of hydrogen-bond donors (Lipinski definition) is 1. The van der Waals surface area contributed by atoms with Crippen LogP contribution in [0, 0.1) is 13.8 Å². The second-order valence-corrected chi connectivity index (χ2v) is 6.58. The third kappa shape index (κ3) is 3.14. The van der Waals surface area contributed by atoms with Gasteiger partial charge in [0.1, 0.15) is 0 Å². The fourth-order valence-corrected chi connectivity index (χ4v) is 3.31. The van der Waals surface area contributed by atoms with Crippen LogP contribution < -0.4 is 5.73 Å². The number of nitrogens with zero attached hydrogens (tertiary/aromatic N) is 1. The Morgan fingerprint density at radius 2 is 1.62 bits per heavy atom. The Morgan fingerprint density at radius 3 is 2.29 bits per heavy atom. The van der Waals surface area contributed by atoms with Crippen LogP contribution >= 0.6 is 11.3 Å². The van der Waals surface area contributed by atoms with Gasteiger partial charge in [-0.05, 0) is 31.5 Å². The van der Waals surface area contributed by atoms with Crippen LogP contribution in [0.3, 0.4) is 0 Å². The molecule has 2 N–H and O–H groups in total. The highest BCUT2D eigenvalue weighted by Crippen LogP contribution is 2.29. The van der Waals surface area contributed by atoms with Crippen molar-refractivity contribution in [2.24, 2.45) is 0 Å². The van der Waals surface area contributed by atoms with Crippen molar-refractivity contribution in [2.45, 2.75) is 20.3 Å². The summed E-state index contributed by atoms with van der Waals surface area (Å²) in [4.78, 5) is 6.08. The highest BCUT2D eigenvalue weighted by molar-refractivity contribution is 7.12. The largest absolute Gasteiger partial charge is 0.399 e. The van der Waals surface area contributed by atoms with Crippen LogP contribution in [0.25, 0.3) is 11.3 Å². The van der Waals surface area contributed by atoms with E-state index in [9.17, 15) is 0 Å². The minimum atomic E-state index is 0.800. The van der Waals surface area contributed by atoms with Crippen LogP contribution in [0.2, 0.25) is 0 Å². The molecule has 3 aromatic rings. The summed E-state index contributed by atoms with van der Waals surface area (Å²) in [7, 11) is 0. The lowest BCUT2D eigenvalue weighted by molar-refractivity contribution is 1.14. The summed E-state index contributed by atoms with van der Waals surface area (Å²) in [6.07, 6.45) is 0.859. The molecule has 0 radical (unpaired) electrons. The molecule has 2 aromatic carbocycles. The fourth-order valence-electron chi connectivity index (χ4n) is 2.32. The predicted molar refractivity (Wildman–Crippen MR) is 90.7 cm³/mol. The first-order valence-corrected chi connectivity index (χ1v) is 7.81. The van der Waals surface area contributed by atoms with Crippen LogP contribution in [0.1, 0.15) is 21.0 Å². The van der Waals surface area contributed by atoms with Crippen LogP contribution in [-0.4, -0.2) is 4.98 Å². The molecule has 0 fully saturated rings. The number of anilines is 1. The van der Waals surface area contributed by atoms with Gasteiger partial charge in [-0.1, -0.05) is 42.0 Å². The number of thiazole rings is 1. The molecule has 0 aliphatic rings. The molecule has 0 aliphatic heterocycles. The lowest BCUT2D eigenvalue weighted by Crippen LogP contribution is -1.89. The molecule has 0 saturated heterocycles. The Balaban J connectivity index is 1.87. The van der Waals surface area contributed by atoms with Crippen LogP contribution in [0.5, 0.6) is 0 Å².